The lowest BCUT2D eigenvalue weighted by molar-refractivity contribution is 0.0629. The molecule has 4 nitrogen and oxygen atoms in total. The molecule has 1 aromatic carbocycles. The first-order valence-corrected chi connectivity index (χ1v) is 5.42. The van der Waals surface area contributed by atoms with Crippen LogP contribution in [-0.4, -0.2) is 22.8 Å². The molecule has 5 heteroatoms. The van der Waals surface area contributed by atoms with Crippen molar-refractivity contribution in [1.82, 2.24) is 4.90 Å². The van der Waals surface area contributed by atoms with E-state index in [0.717, 1.165) is 9.37 Å². The number of carbonyl (C=O) groups excluding carboxylic acids is 2. The Balaban J connectivity index is 2.53. The lowest BCUT2D eigenvalue weighted by Crippen LogP contribution is -2.36. The molecule has 0 saturated heterocycles. The molecule has 0 aromatic heterocycles. The van der Waals surface area contributed by atoms with Gasteiger partial charge >= 0.3 is 0 Å². The zero-order valence-corrected chi connectivity index (χ0v) is 9.98. The smallest absolute Gasteiger partial charge is 0.262 e. The number of amides is 2. The number of imide groups is 1. The second-order valence-corrected chi connectivity index (χ2v) is 4.39. The van der Waals surface area contributed by atoms with Crippen LogP contribution >= 0.6 is 15.9 Å². The number of rotatable bonds is 1. The van der Waals surface area contributed by atoms with E-state index >= 15 is 0 Å². The topological polar surface area (TPSA) is 61.2 Å². The minimum Gasteiger partial charge on any atom is -0.269 e. The van der Waals surface area contributed by atoms with E-state index in [1.54, 1.807) is 18.2 Å². The summed E-state index contributed by atoms with van der Waals surface area (Å²) in [7, 11) is 0. The maximum atomic E-state index is 11.9. The molecule has 1 unspecified atom stereocenters. The van der Waals surface area contributed by atoms with Crippen molar-refractivity contribution < 1.29 is 9.59 Å². The zero-order valence-electron chi connectivity index (χ0n) is 8.40. The van der Waals surface area contributed by atoms with Crippen LogP contribution in [0.3, 0.4) is 0 Å². The monoisotopic (exact) mass is 278 g/mol. The fraction of sp³-hybridized carbons (Fsp3) is 0.182. The molecule has 0 aliphatic carbocycles. The van der Waals surface area contributed by atoms with E-state index in [2.05, 4.69) is 15.9 Å². The summed E-state index contributed by atoms with van der Waals surface area (Å²) >= 11 is 3.24. The van der Waals surface area contributed by atoms with E-state index in [1.165, 1.54) is 6.92 Å². The van der Waals surface area contributed by atoms with Gasteiger partial charge in [0.05, 0.1) is 17.2 Å². The summed E-state index contributed by atoms with van der Waals surface area (Å²) in [6.45, 7) is 1.52. The summed E-state index contributed by atoms with van der Waals surface area (Å²) in [6.07, 6.45) is 0. The van der Waals surface area contributed by atoms with E-state index in [9.17, 15) is 9.59 Å². The molecule has 0 radical (unpaired) electrons. The first kappa shape index (κ1) is 10.8. The molecule has 80 valence electrons. The average Bonchev–Trinajstić information content (AvgIpc) is 2.51. The minimum absolute atomic E-state index is 0.349. The highest BCUT2D eigenvalue weighted by Crippen LogP contribution is 2.27. The zero-order chi connectivity index (χ0) is 11.9. The van der Waals surface area contributed by atoms with Crippen LogP contribution in [0.4, 0.5) is 0 Å². The number of fused-ring (bicyclic) bond motifs is 1. The number of hydrogen-bond acceptors (Lipinski definition) is 3. The van der Waals surface area contributed by atoms with E-state index in [0.29, 0.717) is 11.1 Å². The number of nitriles is 1. The van der Waals surface area contributed by atoms with Crippen LogP contribution in [0.25, 0.3) is 0 Å². The fourth-order valence-electron chi connectivity index (χ4n) is 1.64. The van der Waals surface area contributed by atoms with Gasteiger partial charge in [-0.25, -0.2) is 0 Å². The third-order valence-corrected chi connectivity index (χ3v) is 2.95. The van der Waals surface area contributed by atoms with Crippen molar-refractivity contribution in [1.29, 1.82) is 5.26 Å². The van der Waals surface area contributed by atoms with Gasteiger partial charge in [-0.05, 0) is 25.1 Å². The SMILES string of the molecule is CC(C#N)N1C(=O)c2ccc(Br)cc2C1=O. The Labute approximate surface area is 101 Å². The lowest BCUT2D eigenvalue weighted by atomic mass is 10.1. The van der Waals surface area contributed by atoms with Crippen molar-refractivity contribution in [2.75, 3.05) is 0 Å². The summed E-state index contributed by atoms with van der Waals surface area (Å²) in [5.74, 6) is -0.808. The molecule has 1 aliphatic rings. The minimum atomic E-state index is -0.744. The lowest BCUT2D eigenvalue weighted by Gasteiger charge is -2.15. The molecule has 2 rings (SSSR count). The highest BCUT2D eigenvalue weighted by atomic mass is 79.9. The van der Waals surface area contributed by atoms with Gasteiger partial charge in [-0.3, -0.25) is 14.5 Å². The number of benzene rings is 1. The predicted molar refractivity (Wildman–Crippen MR) is 59.7 cm³/mol. The van der Waals surface area contributed by atoms with Gasteiger partial charge in [0.2, 0.25) is 0 Å². The Morgan fingerprint density at radius 2 is 1.94 bits per heavy atom. The van der Waals surface area contributed by atoms with Crippen LogP contribution in [-0.2, 0) is 0 Å². The molecule has 1 atom stereocenters. The van der Waals surface area contributed by atoms with Crippen molar-refractivity contribution in [3.8, 4) is 6.07 Å². The number of carbonyl (C=O) groups is 2. The Hall–Kier alpha value is -1.67. The molecule has 2 amide bonds. The number of hydrogen-bond donors (Lipinski definition) is 0. The van der Waals surface area contributed by atoms with Crippen molar-refractivity contribution in [2.24, 2.45) is 0 Å². The first-order valence-electron chi connectivity index (χ1n) is 4.63. The third-order valence-electron chi connectivity index (χ3n) is 2.45. The third kappa shape index (κ3) is 1.42. The van der Waals surface area contributed by atoms with Crippen molar-refractivity contribution in [3.63, 3.8) is 0 Å². The second kappa shape index (κ2) is 3.72. The molecule has 0 saturated carbocycles. The van der Waals surface area contributed by atoms with Crippen molar-refractivity contribution in [3.05, 3.63) is 33.8 Å². The number of nitrogens with zero attached hydrogens (tertiary/aromatic N) is 2. The molecule has 0 N–H and O–H groups in total. The van der Waals surface area contributed by atoms with Crippen LogP contribution in [0, 0.1) is 11.3 Å². The van der Waals surface area contributed by atoms with E-state index in [1.807, 2.05) is 6.07 Å². The van der Waals surface area contributed by atoms with Gasteiger partial charge in [0.1, 0.15) is 6.04 Å². The Kier molecular flexibility index (Phi) is 2.52. The highest BCUT2D eigenvalue weighted by Gasteiger charge is 2.38. The Morgan fingerprint density at radius 3 is 2.56 bits per heavy atom. The summed E-state index contributed by atoms with van der Waals surface area (Å²) in [5.41, 5.74) is 0.705. The molecule has 0 spiro atoms. The Morgan fingerprint density at radius 1 is 1.31 bits per heavy atom. The highest BCUT2D eigenvalue weighted by molar-refractivity contribution is 9.10. The molecule has 0 bridgehead atoms. The average molecular weight is 279 g/mol. The van der Waals surface area contributed by atoms with Gasteiger partial charge < -0.3 is 0 Å². The predicted octanol–water partition coefficient (Wildman–Crippen LogP) is 1.96. The van der Waals surface area contributed by atoms with Gasteiger partial charge in [0.15, 0.2) is 0 Å². The quantitative estimate of drug-likeness (QED) is 0.738. The van der Waals surface area contributed by atoms with Crippen LogP contribution in [0.5, 0.6) is 0 Å². The summed E-state index contributed by atoms with van der Waals surface area (Å²) < 4.78 is 0.735. The largest absolute Gasteiger partial charge is 0.269 e. The van der Waals surface area contributed by atoms with Crippen LogP contribution < -0.4 is 0 Å². The molecule has 1 aromatic rings. The van der Waals surface area contributed by atoms with E-state index in [-0.39, 0.29) is 0 Å². The number of halogens is 1. The summed E-state index contributed by atoms with van der Waals surface area (Å²) in [4.78, 5) is 24.7. The summed E-state index contributed by atoms with van der Waals surface area (Å²) in [5, 5.41) is 8.76. The van der Waals surface area contributed by atoms with Crippen molar-refractivity contribution >= 4 is 27.7 Å². The van der Waals surface area contributed by atoms with Gasteiger partial charge in [0.25, 0.3) is 11.8 Å². The molecular formula is C11H7BrN2O2. The second-order valence-electron chi connectivity index (χ2n) is 3.48. The molecular weight excluding hydrogens is 272 g/mol. The Bertz CT molecular complexity index is 533. The van der Waals surface area contributed by atoms with Crippen molar-refractivity contribution in [2.45, 2.75) is 13.0 Å². The van der Waals surface area contributed by atoms with E-state index < -0.39 is 17.9 Å². The van der Waals surface area contributed by atoms with E-state index in [4.69, 9.17) is 5.26 Å². The van der Waals surface area contributed by atoms with Gasteiger partial charge in [-0.1, -0.05) is 15.9 Å². The first-order chi connectivity index (χ1) is 7.56. The van der Waals surface area contributed by atoms with Crippen LogP contribution in [0.1, 0.15) is 27.6 Å². The maximum Gasteiger partial charge on any atom is 0.262 e. The fourth-order valence-corrected chi connectivity index (χ4v) is 2.00. The normalized spacial score (nSPS) is 15.9. The molecule has 1 aliphatic heterocycles. The standard InChI is InChI=1S/C11H7BrN2O2/c1-6(5-13)14-10(15)8-3-2-7(12)4-9(8)11(14)16/h2-4,6H,1H3. The van der Waals surface area contributed by atoms with Gasteiger partial charge in [0, 0.05) is 4.47 Å². The molecule has 1 heterocycles. The van der Waals surface area contributed by atoms with Crippen LogP contribution in [0.2, 0.25) is 0 Å². The van der Waals surface area contributed by atoms with Gasteiger partial charge in [-0.2, -0.15) is 5.26 Å². The van der Waals surface area contributed by atoms with Crippen LogP contribution in [0.15, 0.2) is 22.7 Å². The van der Waals surface area contributed by atoms with Gasteiger partial charge in [-0.15, -0.1) is 0 Å². The maximum absolute atomic E-state index is 11.9. The summed E-state index contributed by atoms with van der Waals surface area (Å²) in [6, 6.07) is 6.03. The molecule has 16 heavy (non-hydrogen) atoms. The molecule has 0 fully saturated rings.